The van der Waals surface area contributed by atoms with Gasteiger partial charge in [-0.25, -0.2) is 18.0 Å². The number of piperidine rings is 1. The summed E-state index contributed by atoms with van der Waals surface area (Å²) in [6, 6.07) is 5.30. The molecule has 0 amide bonds. The first kappa shape index (κ1) is 26.6. The average molecular weight is 540 g/mol. The minimum absolute atomic E-state index is 0.0645. The summed E-state index contributed by atoms with van der Waals surface area (Å²) in [7, 11) is -3.67. The van der Waals surface area contributed by atoms with E-state index in [9.17, 15) is 31.9 Å². The summed E-state index contributed by atoms with van der Waals surface area (Å²) < 4.78 is 70.1. The fourth-order valence-electron chi connectivity index (χ4n) is 5.15. The molecule has 9 nitrogen and oxygen atoms in total. The number of rotatable bonds is 4. The number of carboxylic acid groups (broad SMARTS) is 1. The van der Waals surface area contributed by atoms with Crippen LogP contribution in [-0.2, 0) is 10.1 Å². The Morgan fingerprint density at radius 3 is 2.16 bits per heavy atom. The van der Waals surface area contributed by atoms with Gasteiger partial charge in [0.2, 0.25) is 5.43 Å². The van der Waals surface area contributed by atoms with Crippen LogP contribution in [-0.4, -0.2) is 54.0 Å². The van der Waals surface area contributed by atoms with E-state index in [2.05, 4.69) is 0 Å². The van der Waals surface area contributed by atoms with Crippen LogP contribution in [0.25, 0.3) is 16.6 Å². The van der Waals surface area contributed by atoms with Crippen molar-refractivity contribution in [1.29, 1.82) is 0 Å². The van der Waals surface area contributed by atoms with Crippen molar-refractivity contribution in [3.05, 3.63) is 69.8 Å². The van der Waals surface area contributed by atoms with Crippen LogP contribution in [0.1, 0.15) is 17.3 Å². The number of carboxylic acids is 1. The van der Waals surface area contributed by atoms with E-state index >= 15 is 4.39 Å². The number of aromatic nitrogens is 1. The number of halogens is 3. The Hall–Kier alpha value is -3.42. The van der Waals surface area contributed by atoms with Gasteiger partial charge >= 0.3 is 5.97 Å². The number of carbonyl (C=O) groups is 1. The summed E-state index contributed by atoms with van der Waals surface area (Å²) in [5.74, 6) is -2.80. The topological polar surface area (TPSA) is 143 Å². The molecule has 4 N–H and O–H groups in total. The highest BCUT2D eigenvalue weighted by molar-refractivity contribution is 7.85. The summed E-state index contributed by atoms with van der Waals surface area (Å²) in [5, 5.41) is 9.23. The quantitative estimate of drug-likeness (QED) is 0.430. The summed E-state index contributed by atoms with van der Waals surface area (Å²) in [6.07, 6.45) is 1.70. The van der Waals surface area contributed by atoms with Gasteiger partial charge in [0.25, 0.3) is 10.1 Å². The Morgan fingerprint density at radius 2 is 1.65 bits per heavy atom. The Bertz CT molecular complexity index is 1550. The lowest BCUT2D eigenvalue weighted by atomic mass is 10.1. The Labute approximate surface area is 209 Å². The zero-order chi connectivity index (χ0) is 27.4. The van der Waals surface area contributed by atoms with E-state index in [1.165, 1.54) is 6.07 Å². The van der Waals surface area contributed by atoms with E-state index in [0.717, 1.165) is 29.0 Å². The van der Waals surface area contributed by atoms with Crippen LogP contribution in [0.5, 0.6) is 0 Å². The number of benzene rings is 2. The molecule has 1 saturated heterocycles. The van der Waals surface area contributed by atoms with Crippen molar-refractivity contribution in [2.75, 3.05) is 24.2 Å². The molecule has 2 heterocycles. The van der Waals surface area contributed by atoms with Gasteiger partial charge in [0, 0.05) is 36.8 Å². The van der Waals surface area contributed by atoms with Gasteiger partial charge in [0.15, 0.2) is 0 Å². The molecule has 37 heavy (non-hydrogen) atoms. The molecular weight excluding hydrogens is 515 g/mol. The van der Waals surface area contributed by atoms with Crippen molar-refractivity contribution < 1.29 is 36.0 Å². The molecular formula is C24H24F3N3O6S. The van der Waals surface area contributed by atoms with E-state index in [4.69, 9.17) is 10.3 Å². The van der Waals surface area contributed by atoms with Gasteiger partial charge < -0.3 is 20.3 Å². The maximum Gasteiger partial charge on any atom is 0.341 e. The molecule has 0 radical (unpaired) electrons. The number of aromatic carboxylic acids is 1. The maximum absolute atomic E-state index is 15.1. The number of hydrogen-bond donors (Lipinski definition) is 3. The second-order valence-electron chi connectivity index (χ2n) is 9.37. The minimum atomic E-state index is -3.67. The van der Waals surface area contributed by atoms with Crippen molar-refractivity contribution in [2.24, 2.45) is 23.5 Å². The fraction of sp³-hybridized carbons (Fsp3) is 0.333. The highest BCUT2D eigenvalue weighted by Crippen LogP contribution is 2.54. The lowest BCUT2D eigenvalue weighted by Gasteiger charge is -2.24. The van der Waals surface area contributed by atoms with Crippen molar-refractivity contribution >= 4 is 32.7 Å². The predicted molar refractivity (Wildman–Crippen MR) is 130 cm³/mol. The molecule has 0 bridgehead atoms. The zero-order valence-corrected chi connectivity index (χ0v) is 20.5. The summed E-state index contributed by atoms with van der Waals surface area (Å²) in [4.78, 5) is 26.2. The van der Waals surface area contributed by atoms with Crippen LogP contribution in [0.4, 0.5) is 18.9 Å². The molecule has 0 spiro atoms. The lowest BCUT2D eigenvalue weighted by molar-refractivity contribution is 0.0695. The second-order valence-corrected chi connectivity index (χ2v) is 10.8. The summed E-state index contributed by atoms with van der Waals surface area (Å²) >= 11 is 0. The third kappa shape index (κ3) is 5.33. The molecule has 3 aromatic rings. The molecule has 1 saturated carbocycles. The molecule has 1 aliphatic carbocycles. The first-order chi connectivity index (χ1) is 17.2. The van der Waals surface area contributed by atoms with Gasteiger partial charge in [-0.1, -0.05) is 0 Å². The maximum atomic E-state index is 15.1. The van der Waals surface area contributed by atoms with Gasteiger partial charge in [-0.05, 0) is 48.9 Å². The molecule has 2 aromatic carbocycles. The number of anilines is 1. The van der Waals surface area contributed by atoms with Crippen LogP contribution in [0.2, 0.25) is 0 Å². The number of nitrogens with two attached hydrogens (primary N) is 1. The Balaban J connectivity index is 0.000000586. The third-order valence-electron chi connectivity index (χ3n) is 6.68. The lowest BCUT2D eigenvalue weighted by Crippen LogP contribution is -2.30. The van der Waals surface area contributed by atoms with Crippen molar-refractivity contribution in [3.63, 3.8) is 0 Å². The standard InChI is InChI=1S/C23H20F3N3O3.CH4O3S/c1-10(27)21-13-7-28(8-14(13)21)20-6-19-12(5-17(20)26)22(30)15(23(31)32)9-29(19)18-3-2-11(24)4-16(18)25;1-5(2,3)4/h2-6,9-10,13-14,21H,7-8,27H2,1H3,(H,31,32);1H3,(H,2,3,4)/t10?,13-,14+,21+;. The molecule has 1 aromatic heterocycles. The monoisotopic (exact) mass is 539 g/mol. The summed E-state index contributed by atoms with van der Waals surface area (Å²) in [6.45, 7) is 3.18. The highest BCUT2D eigenvalue weighted by atomic mass is 32.2. The predicted octanol–water partition coefficient (Wildman–Crippen LogP) is 2.64. The number of hydrogen-bond acceptors (Lipinski definition) is 6. The van der Waals surface area contributed by atoms with Gasteiger partial charge in [-0.3, -0.25) is 9.35 Å². The van der Waals surface area contributed by atoms with Crippen LogP contribution < -0.4 is 16.1 Å². The fourth-order valence-corrected chi connectivity index (χ4v) is 5.15. The van der Waals surface area contributed by atoms with Crippen molar-refractivity contribution in [1.82, 2.24) is 4.57 Å². The minimum Gasteiger partial charge on any atom is -0.477 e. The van der Waals surface area contributed by atoms with Crippen LogP contribution in [0.3, 0.4) is 0 Å². The smallest absolute Gasteiger partial charge is 0.341 e. The molecule has 13 heteroatoms. The van der Waals surface area contributed by atoms with E-state index in [1.807, 2.05) is 11.8 Å². The summed E-state index contributed by atoms with van der Waals surface area (Å²) in [5.41, 5.74) is 4.70. The van der Waals surface area contributed by atoms with Gasteiger partial charge in [-0.2, -0.15) is 8.42 Å². The Morgan fingerprint density at radius 1 is 1.08 bits per heavy atom. The van der Waals surface area contributed by atoms with Gasteiger partial charge in [0.05, 0.1) is 23.1 Å². The third-order valence-corrected chi connectivity index (χ3v) is 6.68. The van der Waals surface area contributed by atoms with E-state index in [-0.39, 0.29) is 28.3 Å². The molecule has 1 unspecified atom stereocenters. The Kier molecular flexibility index (Phi) is 6.82. The zero-order valence-electron chi connectivity index (χ0n) is 19.7. The van der Waals surface area contributed by atoms with Crippen molar-refractivity contribution in [3.8, 4) is 5.69 Å². The van der Waals surface area contributed by atoms with Crippen molar-refractivity contribution in [2.45, 2.75) is 13.0 Å². The van der Waals surface area contributed by atoms with Crippen LogP contribution in [0.15, 0.2) is 41.3 Å². The molecule has 5 rings (SSSR count). The normalized spacial score (nSPS) is 21.3. The molecule has 198 valence electrons. The van der Waals surface area contributed by atoms with Gasteiger partial charge in [0.1, 0.15) is 23.0 Å². The molecule has 2 fully saturated rings. The molecule has 1 aliphatic heterocycles. The van der Waals surface area contributed by atoms with E-state index in [1.54, 1.807) is 0 Å². The molecule has 2 aliphatic rings. The van der Waals surface area contributed by atoms with Crippen LogP contribution >= 0.6 is 0 Å². The number of nitrogens with zero attached hydrogens (tertiary/aromatic N) is 2. The van der Waals surface area contributed by atoms with E-state index < -0.39 is 44.5 Å². The van der Waals surface area contributed by atoms with Gasteiger partial charge in [-0.15, -0.1) is 0 Å². The highest BCUT2D eigenvalue weighted by Gasteiger charge is 2.57. The molecule has 4 atom stereocenters. The van der Waals surface area contributed by atoms with Crippen LogP contribution in [0, 0.1) is 35.2 Å². The first-order valence-electron chi connectivity index (χ1n) is 11.2. The number of fused-ring (bicyclic) bond motifs is 2. The van der Waals surface area contributed by atoms with E-state index in [0.29, 0.717) is 43.2 Å². The largest absolute Gasteiger partial charge is 0.477 e. The number of pyridine rings is 1. The average Bonchev–Trinajstić information content (AvgIpc) is 3.28. The SMILES string of the molecule is CC(N)[C@H]1[C@@H]2CN(c3cc4c(cc3F)c(=O)c(C(=O)O)cn4-c3ccc(F)cc3F)C[C@@H]21.CS(=O)(=O)O. The first-order valence-corrected chi connectivity index (χ1v) is 13.0. The second kappa shape index (κ2) is 9.47.